The highest BCUT2D eigenvalue weighted by atomic mass is 16.2. The Morgan fingerprint density at radius 3 is 2.00 bits per heavy atom. The van der Waals surface area contributed by atoms with E-state index in [0.717, 1.165) is 57.9 Å². The lowest BCUT2D eigenvalue weighted by Crippen LogP contribution is -2.30. The highest BCUT2D eigenvalue weighted by molar-refractivity contribution is 6.21. The molecule has 0 atom stereocenters. The molecule has 0 spiro atoms. The van der Waals surface area contributed by atoms with Gasteiger partial charge in [0, 0.05) is 37.8 Å². The van der Waals surface area contributed by atoms with Crippen molar-refractivity contribution in [3.05, 3.63) is 71.9 Å². The van der Waals surface area contributed by atoms with E-state index < -0.39 is 0 Å². The van der Waals surface area contributed by atoms with Crippen LogP contribution in [0.25, 0.3) is 10.9 Å². The molecule has 0 saturated carbocycles. The van der Waals surface area contributed by atoms with Gasteiger partial charge >= 0.3 is 0 Å². The first-order chi connectivity index (χ1) is 17.1. The molecule has 3 aromatic rings. The van der Waals surface area contributed by atoms with Crippen LogP contribution < -0.4 is 5.32 Å². The molecule has 1 aliphatic rings. The van der Waals surface area contributed by atoms with E-state index in [1.807, 2.05) is 12.1 Å². The van der Waals surface area contributed by atoms with Crippen molar-refractivity contribution in [1.29, 1.82) is 0 Å². The zero-order chi connectivity index (χ0) is 24.5. The van der Waals surface area contributed by atoms with E-state index in [1.54, 1.807) is 24.3 Å². The topological polar surface area (TPSA) is 71.4 Å². The van der Waals surface area contributed by atoms with Crippen molar-refractivity contribution in [2.75, 3.05) is 13.1 Å². The van der Waals surface area contributed by atoms with E-state index in [2.05, 4.69) is 34.3 Å². The number of nitrogens with one attached hydrogen (secondary N) is 1. The first-order valence-electron chi connectivity index (χ1n) is 12.9. The van der Waals surface area contributed by atoms with Gasteiger partial charge in [0.25, 0.3) is 11.8 Å². The number of aromatic nitrogens is 1. The van der Waals surface area contributed by atoms with Gasteiger partial charge in [0.1, 0.15) is 0 Å². The van der Waals surface area contributed by atoms with Crippen LogP contribution in [-0.2, 0) is 11.3 Å². The van der Waals surface area contributed by atoms with E-state index in [1.165, 1.54) is 15.8 Å². The minimum atomic E-state index is -0.159. The van der Waals surface area contributed by atoms with Gasteiger partial charge in [0.15, 0.2) is 0 Å². The lowest BCUT2D eigenvalue weighted by Gasteiger charge is -2.13. The average Bonchev–Trinajstić information content (AvgIpc) is 3.39. The molecule has 0 radical (unpaired) electrons. The van der Waals surface area contributed by atoms with Crippen LogP contribution >= 0.6 is 0 Å². The van der Waals surface area contributed by atoms with Gasteiger partial charge in [-0.15, -0.1) is 0 Å². The fourth-order valence-electron chi connectivity index (χ4n) is 4.80. The first kappa shape index (κ1) is 24.7. The number of unbranched alkanes of at least 4 members (excludes halogenated alkanes) is 7. The second-order valence-electron chi connectivity index (χ2n) is 9.30. The third-order valence-corrected chi connectivity index (χ3v) is 6.77. The highest BCUT2D eigenvalue weighted by Crippen LogP contribution is 2.23. The molecule has 0 unspecified atom stereocenters. The number of hydrogen-bond acceptors (Lipinski definition) is 3. The smallest absolute Gasteiger partial charge is 0.261 e. The van der Waals surface area contributed by atoms with Crippen molar-refractivity contribution in [1.82, 2.24) is 14.8 Å². The van der Waals surface area contributed by atoms with Crippen LogP contribution in [0.3, 0.4) is 0 Å². The zero-order valence-corrected chi connectivity index (χ0v) is 20.4. The Morgan fingerprint density at radius 2 is 1.29 bits per heavy atom. The lowest BCUT2D eigenvalue weighted by molar-refractivity contribution is -0.121. The standard InChI is InChI=1S/C29H35N3O3/c33-27(30-19-22-31-21-18-23-13-8-11-16-26(23)31)17-7-5-3-1-2-4-6-12-20-32-28(34)24-14-9-10-15-25(24)29(32)35/h8-11,13-16,18,21H,1-7,12,17,19-20,22H2,(H,30,33). The number of hydrogen-bond donors (Lipinski definition) is 1. The Balaban J connectivity index is 0.982. The normalized spacial score (nSPS) is 13.0. The summed E-state index contributed by atoms with van der Waals surface area (Å²) in [7, 11) is 0. The third kappa shape index (κ3) is 6.38. The zero-order valence-electron chi connectivity index (χ0n) is 20.4. The van der Waals surface area contributed by atoms with Gasteiger partial charge in [0.2, 0.25) is 5.91 Å². The molecule has 0 bridgehead atoms. The summed E-state index contributed by atoms with van der Waals surface area (Å²) in [5, 5.41) is 4.26. The molecular formula is C29H35N3O3. The van der Waals surface area contributed by atoms with Gasteiger partial charge in [-0.25, -0.2) is 0 Å². The summed E-state index contributed by atoms with van der Waals surface area (Å²) in [4.78, 5) is 38.2. The lowest BCUT2D eigenvalue weighted by atomic mass is 10.1. The summed E-state index contributed by atoms with van der Waals surface area (Å²) in [6.07, 6.45) is 11.1. The quantitative estimate of drug-likeness (QED) is 0.246. The highest BCUT2D eigenvalue weighted by Gasteiger charge is 2.34. The molecule has 6 heteroatoms. The van der Waals surface area contributed by atoms with Crippen molar-refractivity contribution in [2.45, 2.75) is 64.3 Å². The number of carbonyl (C=O) groups excluding carboxylic acids is 3. The molecule has 184 valence electrons. The Hall–Kier alpha value is -3.41. The van der Waals surface area contributed by atoms with Crippen LogP contribution in [0.1, 0.15) is 78.5 Å². The van der Waals surface area contributed by atoms with E-state index in [0.29, 0.717) is 30.6 Å². The van der Waals surface area contributed by atoms with Crippen LogP contribution in [-0.4, -0.2) is 40.3 Å². The second-order valence-corrected chi connectivity index (χ2v) is 9.30. The number of imide groups is 1. The van der Waals surface area contributed by atoms with Crippen LogP contribution in [0.4, 0.5) is 0 Å². The molecule has 35 heavy (non-hydrogen) atoms. The molecule has 2 heterocycles. The summed E-state index contributed by atoms with van der Waals surface area (Å²) < 4.78 is 2.18. The third-order valence-electron chi connectivity index (χ3n) is 6.77. The van der Waals surface area contributed by atoms with Crippen LogP contribution in [0.5, 0.6) is 0 Å². The Morgan fingerprint density at radius 1 is 0.686 bits per heavy atom. The summed E-state index contributed by atoms with van der Waals surface area (Å²) in [5.41, 5.74) is 2.26. The number of fused-ring (bicyclic) bond motifs is 2. The number of amides is 3. The fourth-order valence-corrected chi connectivity index (χ4v) is 4.80. The summed E-state index contributed by atoms with van der Waals surface area (Å²) in [5.74, 6) is -0.185. The number of nitrogens with zero attached hydrogens (tertiary/aromatic N) is 2. The van der Waals surface area contributed by atoms with E-state index >= 15 is 0 Å². The number of carbonyl (C=O) groups is 3. The maximum atomic E-state index is 12.4. The monoisotopic (exact) mass is 473 g/mol. The van der Waals surface area contributed by atoms with Gasteiger partial charge in [-0.1, -0.05) is 68.9 Å². The minimum Gasteiger partial charge on any atom is -0.354 e. The van der Waals surface area contributed by atoms with Gasteiger partial charge in [0.05, 0.1) is 11.1 Å². The van der Waals surface area contributed by atoms with Crippen LogP contribution in [0.2, 0.25) is 0 Å². The molecule has 0 fully saturated rings. The fraction of sp³-hybridized carbons (Fsp3) is 0.414. The van der Waals surface area contributed by atoms with Gasteiger partial charge in [-0.3, -0.25) is 19.3 Å². The van der Waals surface area contributed by atoms with E-state index in [-0.39, 0.29) is 17.7 Å². The molecule has 6 nitrogen and oxygen atoms in total. The summed E-state index contributed by atoms with van der Waals surface area (Å²) in [6, 6.07) is 17.4. The number of benzene rings is 2. The molecule has 1 aliphatic heterocycles. The molecule has 1 aromatic heterocycles. The van der Waals surface area contributed by atoms with Crippen molar-refractivity contribution in [2.24, 2.45) is 0 Å². The molecule has 0 saturated heterocycles. The van der Waals surface area contributed by atoms with Crippen molar-refractivity contribution in [3.8, 4) is 0 Å². The predicted molar refractivity (Wildman–Crippen MR) is 138 cm³/mol. The second kappa shape index (κ2) is 12.3. The maximum Gasteiger partial charge on any atom is 0.261 e. The van der Waals surface area contributed by atoms with Crippen molar-refractivity contribution < 1.29 is 14.4 Å². The maximum absolute atomic E-state index is 12.4. The van der Waals surface area contributed by atoms with Crippen LogP contribution in [0.15, 0.2) is 60.8 Å². The molecule has 3 amide bonds. The molecule has 2 aromatic carbocycles. The molecular weight excluding hydrogens is 438 g/mol. The molecule has 4 rings (SSSR count). The molecule has 1 N–H and O–H groups in total. The van der Waals surface area contributed by atoms with Gasteiger partial charge < -0.3 is 9.88 Å². The minimum absolute atomic E-state index is 0.134. The van der Waals surface area contributed by atoms with Gasteiger partial charge in [-0.2, -0.15) is 0 Å². The Labute approximate surface area is 207 Å². The van der Waals surface area contributed by atoms with E-state index in [9.17, 15) is 14.4 Å². The van der Waals surface area contributed by atoms with Crippen molar-refractivity contribution in [3.63, 3.8) is 0 Å². The summed E-state index contributed by atoms with van der Waals surface area (Å²) in [6.45, 7) is 1.94. The SMILES string of the molecule is O=C(CCCCCCCCCCN1C(=O)c2ccccc2C1=O)NCCn1ccc2ccccc21. The predicted octanol–water partition coefficient (Wildman–Crippen LogP) is 5.56. The van der Waals surface area contributed by atoms with Crippen molar-refractivity contribution >= 4 is 28.6 Å². The first-order valence-corrected chi connectivity index (χ1v) is 12.9. The average molecular weight is 474 g/mol. The Bertz CT molecular complexity index is 1130. The molecule has 0 aliphatic carbocycles. The van der Waals surface area contributed by atoms with E-state index in [4.69, 9.17) is 0 Å². The van der Waals surface area contributed by atoms with Crippen LogP contribution in [0, 0.1) is 0 Å². The Kier molecular flexibility index (Phi) is 8.71. The largest absolute Gasteiger partial charge is 0.354 e. The summed E-state index contributed by atoms with van der Waals surface area (Å²) >= 11 is 0. The number of rotatable bonds is 14. The number of para-hydroxylation sites is 1. The van der Waals surface area contributed by atoms with Gasteiger partial charge in [-0.05, 0) is 42.5 Å².